The average Bonchev–Trinajstić information content (AvgIpc) is 2.88. The van der Waals surface area contributed by atoms with Crippen LogP contribution in [0.2, 0.25) is 0 Å². The van der Waals surface area contributed by atoms with Crippen LogP contribution in [0.4, 0.5) is 5.13 Å². The van der Waals surface area contributed by atoms with E-state index in [2.05, 4.69) is 20.3 Å². The minimum Gasteiger partial charge on any atom is -0.462 e. The van der Waals surface area contributed by atoms with Crippen LogP contribution in [0.25, 0.3) is 0 Å². The van der Waals surface area contributed by atoms with E-state index in [0.29, 0.717) is 34.5 Å². The number of nitrogens with zero attached hydrogens (tertiary/aromatic N) is 3. The molecule has 7 nitrogen and oxygen atoms in total. The molecule has 0 radical (unpaired) electrons. The fourth-order valence-electron chi connectivity index (χ4n) is 1.77. The molecular weight excluding hydrogens is 348 g/mol. The maximum absolute atomic E-state index is 12.0. The standard InChI is InChI=1S/C15H18N4O3S2/c1-4-22-14(21)13-10(3)18-15(24-13)19-11(20)5-6-23-12-7-9(2)16-8-17-12/h7-8H,4-6H2,1-3H3,(H,18,19,20). The lowest BCUT2D eigenvalue weighted by Crippen LogP contribution is -2.12. The predicted octanol–water partition coefficient (Wildman–Crippen LogP) is 2.85. The van der Waals surface area contributed by atoms with E-state index in [0.717, 1.165) is 22.1 Å². The highest BCUT2D eigenvalue weighted by atomic mass is 32.2. The number of carbonyl (C=O) groups is 2. The molecule has 0 saturated heterocycles. The zero-order valence-electron chi connectivity index (χ0n) is 13.7. The first-order valence-electron chi connectivity index (χ1n) is 7.35. The van der Waals surface area contributed by atoms with Crippen molar-refractivity contribution in [3.63, 3.8) is 0 Å². The molecule has 0 aliphatic heterocycles. The van der Waals surface area contributed by atoms with Crippen molar-refractivity contribution in [3.05, 3.63) is 28.7 Å². The van der Waals surface area contributed by atoms with Gasteiger partial charge in [0, 0.05) is 17.9 Å². The summed E-state index contributed by atoms with van der Waals surface area (Å²) in [6.45, 7) is 5.65. The fourth-order valence-corrected chi connectivity index (χ4v) is 3.52. The molecule has 0 saturated carbocycles. The predicted molar refractivity (Wildman–Crippen MR) is 93.5 cm³/mol. The third-order valence-electron chi connectivity index (χ3n) is 2.86. The summed E-state index contributed by atoms with van der Waals surface area (Å²) in [7, 11) is 0. The SMILES string of the molecule is CCOC(=O)c1sc(NC(=O)CCSc2cc(C)ncn2)nc1C. The molecular formula is C15H18N4O3S2. The van der Waals surface area contributed by atoms with Gasteiger partial charge in [-0.1, -0.05) is 11.3 Å². The molecule has 1 N–H and O–H groups in total. The highest BCUT2D eigenvalue weighted by Crippen LogP contribution is 2.24. The molecule has 0 fully saturated rings. The van der Waals surface area contributed by atoms with Gasteiger partial charge < -0.3 is 10.1 Å². The van der Waals surface area contributed by atoms with Crippen molar-refractivity contribution >= 4 is 40.1 Å². The Bertz CT molecular complexity index is 733. The molecule has 1 amide bonds. The lowest BCUT2D eigenvalue weighted by atomic mass is 10.4. The van der Waals surface area contributed by atoms with Gasteiger partial charge in [-0.15, -0.1) is 11.8 Å². The molecule has 0 aliphatic rings. The van der Waals surface area contributed by atoms with Gasteiger partial charge in [0.05, 0.1) is 17.3 Å². The summed E-state index contributed by atoms with van der Waals surface area (Å²) in [4.78, 5) is 36.5. The van der Waals surface area contributed by atoms with Crippen molar-refractivity contribution < 1.29 is 14.3 Å². The number of hydrogen-bond donors (Lipinski definition) is 1. The molecule has 0 atom stereocenters. The number of anilines is 1. The number of hydrogen-bond acceptors (Lipinski definition) is 8. The van der Waals surface area contributed by atoms with Gasteiger partial charge in [-0.05, 0) is 26.8 Å². The zero-order chi connectivity index (χ0) is 17.5. The van der Waals surface area contributed by atoms with Gasteiger partial charge in [0.1, 0.15) is 11.2 Å². The summed E-state index contributed by atoms with van der Waals surface area (Å²) in [6.07, 6.45) is 1.83. The molecule has 0 aromatic carbocycles. The van der Waals surface area contributed by atoms with Crippen LogP contribution in [0.3, 0.4) is 0 Å². The number of thiazole rings is 1. The van der Waals surface area contributed by atoms with E-state index in [1.165, 1.54) is 18.1 Å². The van der Waals surface area contributed by atoms with Gasteiger partial charge in [-0.25, -0.2) is 19.7 Å². The molecule has 0 bridgehead atoms. The Kier molecular flexibility index (Phi) is 6.68. The smallest absolute Gasteiger partial charge is 0.350 e. The van der Waals surface area contributed by atoms with Crippen LogP contribution < -0.4 is 5.32 Å². The number of rotatable bonds is 7. The second-order valence-corrected chi connectivity index (χ2v) is 6.91. The monoisotopic (exact) mass is 366 g/mol. The highest BCUT2D eigenvalue weighted by Gasteiger charge is 2.17. The van der Waals surface area contributed by atoms with Crippen molar-refractivity contribution in [2.45, 2.75) is 32.2 Å². The van der Waals surface area contributed by atoms with E-state index < -0.39 is 5.97 Å². The number of aromatic nitrogens is 3. The van der Waals surface area contributed by atoms with Gasteiger partial charge in [-0.2, -0.15) is 0 Å². The number of thioether (sulfide) groups is 1. The van der Waals surface area contributed by atoms with E-state index in [4.69, 9.17) is 4.74 Å². The number of carbonyl (C=O) groups excluding carboxylic acids is 2. The van der Waals surface area contributed by atoms with Gasteiger partial charge in [0.2, 0.25) is 5.91 Å². The molecule has 0 unspecified atom stereocenters. The van der Waals surface area contributed by atoms with E-state index >= 15 is 0 Å². The van der Waals surface area contributed by atoms with Crippen molar-refractivity contribution in [1.82, 2.24) is 15.0 Å². The van der Waals surface area contributed by atoms with Gasteiger partial charge in [0.15, 0.2) is 5.13 Å². The maximum Gasteiger partial charge on any atom is 0.350 e. The molecule has 9 heteroatoms. The van der Waals surface area contributed by atoms with E-state index in [1.54, 1.807) is 13.8 Å². The Morgan fingerprint density at radius 3 is 2.83 bits per heavy atom. The van der Waals surface area contributed by atoms with Crippen LogP contribution in [-0.4, -0.2) is 39.2 Å². The van der Waals surface area contributed by atoms with Crippen LogP contribution in [0.5, 0.6) is 0 Å². The Labute approximate surface area is 148 Å². The minimum atomic E-state index is -0.414. The van der Waals surface area contributed by atoms with E-state index in [9.17, 15) is 9.59 Å². The van der Waals surface area contributed by atoms with Gasteiger partial charge >= 0.3 is 5.97 Å². The molecule has 0 spiro atoms. The molecule has 128 valence electrons. The van der Waals surface area contributed by atoms with E-state index in [-0.39, 0.29) is 5.91 Å². The molecule has 2 rings (SSSR count). The van der Waals surface area contributed by atoms with E-state index in [1.807, 2.05) is 13.0 Å². The summed E-state index contributed by atoms with van der Waals surface area (Å²) in [5, 5.41) is 3.96. The minimum absolute atomic E-state index is 0.155. The highest BCUT2D eigenvalue weighted by molar-refractivity contribution is 7.99. The maximum atomic E-state index is 12.0. The topological polar surface area (TPSA) is 94.1 Å². The summed E-state index contributed by atoms with van der Waals surface area (Å²) >= 11 is 2.61. The van der Waals surface area contributed by atoms with Crippen LogP contribution in [0, 0.1) is 13.8 Å². The number of esters is 1. The lowest BCUT2D eigenvalue weighted by Gasteiger charge is -2.02. The lowest BCUT2D eigenvalue weighted by molar-refractivity contribution is -0.115. The summed E-state index contributed by atoms with van der Waals surface area (Å²) < 4.78 is 4.95. The van der Waals surface area contributed by atoms with Crippen molar-refractivity contribution in [3.8, 4) is 0 Å². The summed E-state index contributed by atoms with van der Waals surface area (Å²) in [5.41, 5.74) is 1.45. The van der Waals surface area contributed by atoms with Crippen molar-refractivity contribution in [2.24, 2.45) is 0 Å². The Morgan fingerprint density at radius 2 is 2.12 bits per heavy atom. The van der Waals surface area contributed by atoms with Crippen LogP contribution >= 0.6 is 23.1 Å². The largest absolute Gasteiger partial charge is 0.462 e. The normalized spacial score (nSPS) is 10.5. The van der Waals surface area contributed by atoms with Gasteiger partial charge in [-0.3, -0.25) is 4.79 Å². The number of nitrogens with one attached hydrogen (secondary N) is 1. The third-order valence-corrected chi connectivity index (χ3v) is 4.84. The second-order valence-electron chi connectivity index (χ2n) is 4.80. The second kappa shape index (κ2) is 8.74. The van der Waals surface area contributed by atoms with Crippen molar-refractivity contribution in [1.29, 1.82) is 0 Å². The van der Waals surface area contributed by atoms with Crippen LogP contribution in [-0.2, 0) is 9.53 Å². The molecule has 2 heterocycles. The fraction of sp³-hybridized carbons (Fsp3) is 0.400. The third kappa shape index (κ3) is 5.27. The number of amides is 1. The van der Waals surface area contributed by atoms with Crippen LogP contribution in [0.15, 0.2) is 17.4 Å². The Morgan fingerprint density at radius 1 is 1.33 bits per heavy atom. The molecule has 2 aromatic heterocycles. The first kappa shape index (κ1) is 18.3. The van der Waals surface area contributed by atoms with Crippen LogP contribution in [0.1, 0.15) is 34.4 Å². The molecule has 2 aromatic rings. The van der Waals surface area contributed by atoms with Gasteiger partial charge in [0.25, 0.3) is 0 Å². The Hall–Kier alpha value is -2.00. The molecule has 24 heavy (non-hydrogen) atoms. The van der Waals surface area contributed by atoms with Crippen molar-refractivity contribution in [2.75, 3.05) is 17.7 Å². The quantitative estimate of drug-likeness (QED) is 0.457. The first-order valence-corrected chi connectivity index (χ1v) is 9.15. The molecule has 0 aliphatic carbocycles. The number of aryl methyl sites for hydroxylation is 2. The number of ether oxygens (including phenoxy) is 1. The summed E-state index contributed by atoms with van der Waals surface area (Å²) in [5.74, 6) is 0.0253. The first-order chi connectivity index (χ1) is 11.5. The summed E-state index contributed by atoms with van der Waals surface area (Å²) in [6, 6.07) is 1.87. The Balaban J connectivity index is 1.84. The average molecular weight is 366 g/mol. The zero-order valence-corrected chi connectivity index (χ0v) is 15.3.